The van der Waals surface area contributed by atoms with Gasteiger partial charge in [0.1, 0.15) is 5.65 Å². The number of aromatic amines is 1. The van der Waals surface area contributed by atoms with Crippen molar-refractivity contribution in [3.8, 4) is 5.88 Å². The van der Waals surface area contributed by atoms with Crippen molar-refractivity contribution in [1.29, 1.82) is 0 Å². The first-order valence-electron chi connectivity index (χ1n) is 4.54. The second kappa shape index (κ2) is 3.53. The summed E-state index contributed by atoms with van der Waals surface area (Å²) in [5.41, 5.74) is 6.25. The summed E-state index contributed by atoms with van der Waals surface area (Å²) in [5.74, 6) is 0.779. The van der Waals surface area contributed by atoms with E-state index >= 15 is 0 Å². The largest absolute Gasteiger partial charge is 0.477 e. The minimum atomic E-state index is 0.228. The number of anilines is 1. The standard InChI is InChI=1S/C9H12N4O/c1-2-5-14-8-6-3-4-11-7(6)12-9(10)13-8/h3-4H,2,5H2,1H3,(H3,10,11,12,13). The van der Waals surface area contributed by atoms with Crippen LogP contribution >= 0.6 is 0 Å². The Hall–Kier alpha value is -1.78. The van der Waals surface area contributed by atoms with Gasteiger partial charge >= 0.3 is 0 Å². The van der Waals surface area contributed by atoms with Crippen LogP contribution in [0.4, 0.5) is 5.95 Å². The van der Waals surface area contributed by atoms with Crippen LogP contribution < -0.4 is 10.5 Å². The maximum atomic E-state index is 5.53. The van der Waals surface area contributed by atoms with Crippen LogP contribution in [0.25, 0.3) is 11.0 Å². The predicted molar refractivity (Wildman–Crippen MR) is 54.1 cm³/mol. The second-order valence-electron chi connectivity index (χ2n) is 2.98. The molecule has 0 saturated carbocycles. The molecule has 0 unspecified atom stereocenters. The highest BCUT2D eigenvalue weighted by molar-refractivity contribution is 5.81. The molecule has 0 aromatic carbocycles. The lowest BCUT2D eigenvalue weighted by molar-refractivity contribution is 0.309. The summed E-state index contributed by atoms with van der Waals surface area (Å²) in [6.45, 7) is 2.68. The second-order valence-corrected chi connectivity index (χ2v) is 2.98. The zero-order valence-electron chi connectivity index (χ0n) is 7.95. The minimum Gasteiger partial charge on any atom is -0.477 e. The van der Waals surface area contributed by atoms with Crippen LogP contribution in [0.2, 0.25) is 0 Å². The number of aromatic nitrogens is 3. The quantitative estimate of drug-likeness (QED) is 0.769. The first kappa shape index (κ1) is 8.80. The molecule has 0 atom stereocenters. The Morgan fingerprint density at radius 1 is 1.50 bits per heavy atom. The molecule has 2 heterocycles. The molecule has 74 valence electrons. The van der Waals surface area contributed by atoms with E-state index < -0.39 is 0 Å². The summed E-state index contributed by atoms with van der Waals surface area (Å²) in [7, 11) is 0. The van der Waals surface area contributed by atoms with Gasteiger partial charge in [0.25, 0.3) is 0 Å². The summed E-state index contributed by atoms with van der Waals surface area (Å²) in [6.07, 6.45) is 2.73. The third kappa shape index (κ3) is 1.48. The Labute approximate surface area is 81.3 Å². The zero-order chi connectivity index (χ0) is 9.97. The van der Waals surface area contributed by atoms with Gasteiger partial charge in [0.05, 0.1) is 12.0 Å². The van der Waals surface area contributed by atoms with Gasteiger partial charge in [0.2, 0.25) is 11.8 Å². The fourth-order valence-corrected chi connectivity index (χ4v) is 1.24. The molecular formula is C9H12N4O. The normalized spacial score (nSPS) is 10.6. The van der Waals surface area contributed by atoms with Gasteiger partial charge in [-0.15, -0.1) is 0 Å². The number of fused-ring (bicyclic) bond motifs is 1. The van der Waals surface area contributed by atoms with Crippen molar-refractivity contribution in [1.82, 2.24) is 15.0 Å². The van der Waals surface area contributed by atoms with Crippen molar-refractivity contribution < 1.29 is 4.74 Å². The summed E-state index contributed by atoms with van der Waals surface area (Å²) in [6, 6.07) is 1.87. The Morgan fingerprint density at radius 3 is 3.14 bits per heavy atom. The molecule has 0 aliphatic carbocycles. The topological polar surface area (TPSA) is 76.8 Å². The lowest BCUT2D eigenvalue weighted by Crippen LogP contribution is -2.02. The van der Waals surface area contributed by atoms with Crippen molar-refractivity contribution in [2.24, 2.45) is 0 Å². The molecule has 2 aromatic rings. The molecule has 0 saturated heterocycles. The van der Waals surface area contributed by atoms with Crippen LogP contribution in [0, 0.1) is 0 Å². The number of nitrogens with zero attached hydrogens (tertiary/aromatic N) is 2. The van der Waals surface area contributed by atoms with Crippen molar-refractivity contribution in [3.63, 3.8) is 0 Å². The molecule has 0 bridgehead atoms. The number of H-pyrrole nitrogens is 1. The van der Waals surface area contributed by atoms with Crippen molar-refractivity contribution in [2.45, 2.75) is 13.3 Å². The van der Waals surface area contributed by atoms with Crippen LogP contribution in [0.1, 0.15) is 13.3 Å². The highest BCUT2D eigenvalue weighted by Crippen LogP contribution is 2.21. The summed E-state index contributed by atoms with van der Waals surface area (Å²) < 4.78 is 5.46. The molecule has 5 nitrogen and oxygen atoms in total. The lowest BCUT2D eigenvalue weighted by atomic mass is 10.4. The number of nitrogen functional groups attached to an aromatic ring is 1. The van der Waals surface area contributed by atoms with Crippen molar-refractivity contribution in [3.05, 3.63) is 12.3 Å². The van der Waals surface area contributed by atoms with E-state index in [9.17, 15) is 0 Å². The average molecular weight is 192 g/mol. The Bertz CT molecular complexity index is 437. The van der Waals surface area contributed by atoms with Crippen LogP contribution in [-0.2, 0) is 0 Å². The molecule has 0 amide bonds. The number of rotatable bonds is 3. The average Bonchev–Trinajstić information content (AvgIpc) is 2.61. The Balaban J connectivity index is 2.44. The van der Waals surface area contributed by atoms with E-state index in [1.54, 1.807) is 6.20 Å². The molecule has 2 rings (SSSR count). The monoisotopic (exact) mass is 192 g/mol. The van der Waals surface area contributed by atoms with E-state index in [1.165, 1.54) is 0 Å². The van der Waals surface area contributed by atoms with Crippen LogP contribution in [-0.4, -0.2) is 21.6 Å². The highest BCUT2D eigenvalue weighted by Gasteiger charge is 2.07. The smallest absolute Gasteiger partial charge is 0.227 e. The number of nitrogens with two attached hydrogens (primary N) is 1. The molecule has 0 aliphatic heterocycles. The van der Waals surface area contributed by atoms with E-state index in [0.29, 0.717) is 18.1 Å². The Morgan fingerprint density at radius 2 is 2.36 bits per heavy atom. The van der Waals surface area contributed by atoms with Gasteiger partial charge < -0.3 is 15.5 Å². The number of ether oxygens (including phenoxy) is 1. The predicted octanol–water partition coefficient (Wildman–Crippen LogP) is 1.33. The zero-order valence-corrected chi connectivity index (χ0v) is 7.95. The molecule has 0 radical (unpaired) electrons. The highest BCUT2D eigenvalue weighted by atomic mass is 16.5. The molecule has 2 aromatic heterocycles. The third-order valence-electron chi connectivity index (χ3n) is 1.84. The first-order valence-corrected chi connectivity index (χ1v) is 4.54. The van der Waals surface area contributed by atoms with E-state index in [2.05, 4.69) is 15.0 Å². The first-order chi connectivity index (χ1) is 6.81. The van der Waals surface area contributed by atoms with Crippen LogP contribution in [0.5, 0.6) is 5.88 Å². The van der Waals surface area contributed by atoms with E-state index in [4.69, 9.17) is 10.5 Å². The number of nitrogens with one attached hydrogen (secondary N) is 1. The molecule has 3 N–H and O–H groups in total. The third-order valence-corrected chi connectivity index (χ3v) is 1.84. The minimum absolute atomic E-state index is 0.228. The number of hydrogen-bond acceptors (Lipinski definition) is 4. The summed E-state index contributed by atoms with van der Waals surface area (Å²) in [5, 5.41) is 0.868. The van der Waals surface area contributed by atoms with Crippen molar-refractivity contribution in [2.75, 3.05) is 12.3 Å². The van der Waals surface area contributed by atoms with Gasteiger partial charge in [-0.25, -0.2) is 0 Å². The van der Waals surface area contributed by atoms with Gasteiger partial charge in [0, 0.05) is 6.20 Å². The fourth-order valence-electron chi connectivity index (χ4n) is 1.24. The molecular weight excluding hydrogens is 180 g/mol. The van der Waals surface area contributed by atoms with Crippen molar-refractivity contribution >= 4 is 17.0 Å². The van der Waals surface area contributed by atoms with E-state index in [0.717, 1.165) is 11.8 Å². The SMILES string of the molecule is CCCOc1nc(N)nc2[nH]ccc12. The summed E-state index contributed by atoms with van der Waals surface area (Å²) in [4.78, 5) is 11.0. The Kier molecular flexibility index (Phi) is 2.22. The number of hydrogen-bond donors (Lipinski definition) is 2. The van der Waals surface area contributed by atoms with Crippen LogP contribution in [0.15, 0.2) is 12.3 Å². The lowest BCUT2D eigenvalue weighted by Gasteiger charge is -2.04. The van der Waals surface area contributed by atoms with Gasteiger partial charge in [0.15, 0.2) is 0 Å². The van der Waals surface area contributed by atoms with Gasteiger partial charge in [-0.3, -0.25) is 0 Å². The van der Waals surface area contributed by atoms with Gasteiger partial charge in [-0.05, 0) is 12.5 Å². The van der Waals surface area contributed by atoms with Crippen LogP contribution in [0.3, 0.4) is 0 Å². The van der Waals surface area contributed by atoms with Gasteiger partial charge in [-0.1, -0.05) is 6.92 Å². The van der Waals surface area contributed by atoms with E-state index in [-0.39, 0.29) is 5.95 Å². The molecule has 14 heavy (non-hydrogen) atoms. The molecule has 0 fully saturated rings. The molecule has 0 aliphatic rings. The molecule has 0 spiro atoms. The van der Waals surface area contributed by atoms with E-state index in [1.807, 2.05) is 13.0 Å². The summed E-state index contributed by atoms with van der Waals surface area (Å²) >= 11 is 0. The maximum absolute atomic E-state index is 5.53. The van der Waals surface area contributed by atoms with Gasteiger partial charge in [-0.2, -0.15) is 9.97 Å². The maximum Gasteiger partial charge on any atom is 0.227 e. The fraction of sp³-hybridized carbons (Fsp3) is 0.333. The molecule has 5 heteroatoms.